The van der Waals surface area contributed by atoms with Gasteiger partial charge >= 0.3 is 12.1 Å². The number of hydrogen-bond donors (Lipinski definition) is 0. The minimum atomic E-state index is -4.67. The number of nitrogens with zero attached hydrogens (tertiary/aromatic N) is 7. The van der Waals surface area contributed by atoms with Gasteiger partial charge in [-0.1, -0.05) is 5.16 Å². The third-order valence-corrected chi connectivity index (χ3v) is 5.07. The summed E-state index contributed by atoms with van der Waals surface area (Å²) >= 11 is 0. The Morgan fingerprint density at radius 2 is 2.00 bits per heavy atom. The van der Waals surface area contributed by atoms with E-state index in [9.17, 15) is 18.0 Å². The van der Waals surface area contributed by atoms with Crippen molar-refractivity contribution in [3.05, 3.63) is 53.2 Å². The van der Waals surface area contributed by atoms with Gasteiger partial charge in [-0.25, -0.2) is 9.50 Å². The van der Waals surface area contributed by atoms with Crippen LogP contribution >= 0.6 is 0 Å². The molecule has 0 N–H and O–H groups in total. The molecule has 0 bridgehead atoms. The molecule has 4 aromatic rings. The van der Waals surface area contributed by atoms with Crippen molar-refractivity contribution in [1.29, 1.82) is 0 Å². The van der Waals surface area contributed by atoms with Crippen LogP contribution in [0, 0.1) is 13.8 Å². The number of hydrogen-bond acceptors (Lipinski definition) is 9. The highest BCUT2D eigenvalue weighted by molar-refractivity contribution is 5.69. The summed E-state index contributed by atoms with van der Waals surface area (Å²) in [5, 5.41) is 7.40. The van der Waals surface area contributed by atoms with E-state index in [1.165, 1.54) is 0 Å². The zero-order valence-electron chi connectivity index (χ0n) is 18.3. The first-order chi connectivity index (χ1) is 16.2. The zero-order valence-corrected chi connectivity index (χ0v) is 18.3. The molecule has 178 valence electrons. The first kappa shape index (κ1) is 23.3. The van der Waals surface area contributed by atoms with E-state index in [1.807, 2.05) is 6.07 Å². The summed E-state index contributed by atoms with van der Waals surface area (Å²) in [6, 6.07) is 3.59. The van der Waals surface area contributed by atoms with Crippen LogP contribution in [0.4, 0.5) is 13.2 Å². The Morgan fingerprint density at radius 3 is 2.74 bits per heavy atom. The van der Waals surface area contributed by atoms with Crippen LogP contribution in [-0.2, 0) is 28.5 Å². The summed E-state index contributed by atoms with van der Waals surface area (Å²) in [6.07, 6.45) is -0.169. The fourth-order valence-electron chi connectivity index (χ4n) is 3.37. The number of esters is 1. The van der Waals surface area contributed by atoms with Crippen LogP contribution in [0.1, 0.15) is 41.5 Å². The van der Waals surface area contributed by atoms with Gasteiger partial charge in [0.05, 0.1) is 6.61 Å². The normalized spacial score (nSPS) is 11.8. The third-order valence-electron chi connectivity index (χ3n) is 5.07. The fraction of sp³-hybridized carbons (Fsp3) is 0.381. The molecular weight excluding hydrogens is 455 g/mol. The molecule has 0 aromatic carbocycles. The number of carbonyl (C=O) groups is 1. The highest BCUT2D eigenvalue weighted by Gasteiger charge is 2.37. The van der Waals surface area contributed by atoms with Crippen molar-refractivity contribution < 1.29 is 27.2 Å². The molecule has 0 radical (unpaired) electrons. The second-order valence-corrected chi connectivity index (χ2v) is 7.48. The first-order valence-electron chi connectivity index (χ1n) is 10.4. The van der Waals surface area contributed by atoms with Gasteiger partial charge in [0.2, 0.25) is 11.7 Å². The maximum absolute atomic E-state index is 12.9. The molecule has 10 nitrogen and oxygen atoms in total. The Bertz CT molecular complexity index is 1300. The van der Waals surface area contributed by atoms with E-state index in [4.69, 9.17) is 9.26 Å². The van der Waals surface area contributed by atoms with Gasteiger partial charge in [0.15, 0.2) is 0 Å². The SMILES string of the molecule is Cc1nc2nc(C(F)(F)F)nn2c(C)c1CCC(=O)OCCCc1nc(-c2cccnc2)no1. The van der Waals surface area contributed by atoms with Crippen LogP contribution in [0.5, 0.6) is 0 Å². The number of aryl methyl sites for hydroxylation is 3. The number of carbonyl (C=O) groups excluding carboxylic acids is 1. The molecule has 0 fully saturated rings. The highest BCUT2D eigenvalue weighted by atomic mass is 19.4. The molecule has 0 aliphatic carbocycles. The van der Waals surface area contributed by atoms with Gasteiger partial charge < -0.3 is 9.26 Å². The Hall–Kier alpha value is -3.90. The zero-order chi connectivity index (χ0) is 24.3. The summed E-state index contributed by atoms with van der Waals surface area (Å²) in [5.74, 6) is -0.970. The summed E-state index contributed by atoms with van der Waals surface area (Å²) < 4.78 is 50.2. The van der Waals surface area contributed by atoms with Crippen LogP contribution in [0.3, 0.4) is 0 Å². The van der Waals surface area contributed by atoms with Crippen LogP contribution in [0.15, 0.2) is 29.0 Å². The molecule has 4 heterocycles. The van der Waals surface area contributed by atoms with Crippen molar-refractivity contribution >= 4 is 11.7 Å². The Labute approximate surface area is 191 Å². The maximum Gasteiger partial charge on any atom is 0.453 e. The molecule has 34 heavy (non-hydrogen) atoms. The molecular formula is C21H20F3N7O3. The minimum absolute atomic E-state index is 0.0431. The summed E-state index contributed by atoms with van der Waals surface area (Å²) in [7, 11) is 0. The number of rotatable bonds is 8. The van der Waals surface area contributed by atoms with Crippen LogP contribution < -0.4 is 0 Å². The maximum atomic E-state index is 12.9. The lowest BCUT2D eigenvalue weighted by Gasteiger charge is -2.10. The molecule has 0 aliphatic rings. The van der Waals surface area contributed by atoms with Crippen molar-refractivity contribution in [2.45, 2.75) is 45.7 Å². The number of halogens is 3. The second-order valence-electron chi connectivity index (χ2n) is 7.48. The van der Waals surface area contributed by atoms with Crippen molar-refractivity contribution in [1.82, 2.24) is 34.7 Å². The van der Waals surface area contributed by atoms with Crippen LogP contribution in [0.2, 0.25) is 0 Å². The standard InChI is InChI=1S/C21H20F3N7O3/c1-12-15(13(2)31-20(26-12)28-19(29-31)21(22,23)24)7-8-17(32)33-10-4-6-16-27-18(30-34-16)14-5-3-9-25-11-14/h3,5,9,11H,4,6-8,10H2,1-2H3. The average molecular weight is 475 g/mol. The van der Waals surface area contributed by atoms with Crippen LogP contribution in [-0.4, -0.2) is 47.3 Å². The lowest BCUT2D eigenvalue weighted by molar-refractivity contribution is -0.145. The molecule has 4 rings (SSSR count). The number of fused-ring (bicyclic) bond motifs is 1. The fourth-order valence-corrected chi connectivity index (χ4v) is 3.37. The lowest BCUT2D eigenvalue weighted by atomic mass is 10.1. The monoisotopic (exact) mass is 475 g/mol. The number of pyridine rings is 1. The van der Waals surface area contributed by atoms with Gasteiger partial charge in [-0.15, -0.1) is 5.10 Å². The molecule has 0 saturated heterocycles. The van der Waals surface area contributed by atoms with E-state index >= 15 is 0 Å². The molecule has 0 atom stereocenters. The minimum Gasteiger partial charge on any atom is -0.466 e. The molecule has 4 aromatic heterocycles. The molecule has 0 unspecified atom stereocenters. The van der Waals surface area contributed by atoms with Gasteiger partial charge in [-0.05, 0) is 44.4 Å². The van der Waals surface area contributed by atoms with Gasteiger partial charge in [0, 0.05) is 42.2 Å². The topological polar surface area (TPSA) is 121 Å². The lowest BCUT2D eigenvalue weighted by Crippen LogP contribution is -2.11. The Kier molecular flexibility index (Phi) is 6.52. The van der Waals surface area contributed by atoms with Crippen LogP contribution in [0.25, 0.3) is 17.2 Å². The van der Waals surface area contributed by atoms with E-state index < -0.39 is 18.0 Å². The largest absolute Gasteiger partial charge is 0.466 e. The van der Waals surface area contributed by atoms with Crippen molar-refractivity contribution in [3.63, 3.8) is 0 Å². The predicted octanol–water partition coefficient (Wildman–Crippen LogP) is 3.31. The summed E-state index contributed by atoms with van der Waals surface area (Å²) in [4.78, 5) is 28.0. The van der Waals surface area contributed by atoms with E-state index in [0.717, 1.165) is 10.1 Å². The van der Waals surface area contributed by atoms with E-state index in [-0.39, 0.29) is 25.2 Å². The molecule has 13 heteroatoms. The summed E-state index contributed by atoms with van der Waals surface area (Å²) in [5.41, 5.74) is 2.29. The van der Waals surface area contributed by atoms with Gasteiger partial charge in [-0.2, -0.15) is 23.1 Å². The van der Waals surface area contributed by atoms with Crippen molar-refractivity contribution in [3.8, 4) is 11.4 Å². The van der Waals surface area contributed by atoms with Gasteiger partial charge in [0.1, 0.15) is 0 Å². The van der Waals surface area contributed by atoms with E-state index in [0.29, 0.717) is 41.5 Å². The number of ether oxygens (including phenoxy) is 1. The van der Waals surface area contributed by atoms with Crippen molar-refractivity contribution in [2.75, 3.05) is 6.61 Å². The van der Waals surface area contributed by atoms with Crippen molar-refractivity contribution in [2.24, 2.45) is 0 Å². The quantitative estimate of drug-likeness (QED) is 0.279. The molecule has 0 spiro atoms. The molecule has 0 amide bonds. The first-order valence-corrected chi connectivity index (χ1v) is 10.4. The molecule has 0 saturated carbocycles. The number of aromatic nitrogens is 7. The third kappa shape index (κ3) is 5.18. The highest BCUT2D eigenvalue weighted by Crippen LogP contribution is 2.27. The van der Waals surface area contributed by atoms with E-state index in [2.05, 4.69) is 30.2 Å². The predicted molar refractivity (Wildman–Crippen MR) is 110 cm³/mol. The molecule has 0 aliphatic heterocycles. The van der Waals surface area contributed by atoms with E-state index in [1.54, 1.807) is 32.3 Å². The summed E-state index contributed by atoms with van der Waals surface area (Å²) in [6.45, 7) is 3.43. The second kappa shape index (κ2) is 9.53. The smallest absolute Gasteiger partial charge is 0.453 e. The van der Waals surface area contributed by atoms with Gasteiger partial charge in [0.25, 0.3) is 11.6 Å². The average Bonchev–Trinajstić information content (AvgIpc) is 3.44. The Balaban J connectivity index is 1.28. The Morgan fingerprint density at radius 1 is 1.18 bits per heavy atom. The van der Waals surface area contributed by atoms with Gasteiger partial charge in [-0.3, -0.25) is 9.78 Å². The number of alkyl halides is 3.